The maximum Gasteiger partial charge on any atom is 0.336 e. The second-order valence-corrected chi connectivity index (χ2v) is 6.50. The van der Waals surface area contributed by atoms with E-state index in [9.17, 15) is 19.5 Å². The van der Waals surface area contributed by atoms with Crippen LogP contribution in [0.4, 0.5) is 0 Å². The quantitative estimate of drug-likeness (QED) is 0.241. The molecule has 0 fully saturated rings. The van der Waals surface area contributed by atoms with Crippen molar-refractivity contribution in [1.82, 2.24) is 10.9 Å². The lowest BCUT2D eigenvalue weighted by Crippen LogP contribution is -2.40. The Kier molecular flexibility index (Phi) is 7.53. The van der Waals surface area contributed by atoms with Crippen molar-refractivity contribution in [2.75, 3.05) is 0 Å². The topological polar surface area (TPSA) is 105 Å². The van der Waals surface area contributed by atoms with Crippen LogP contribution in [0, 0.1) is 0 Å². The first kappa shape index (κ1) is 22.0. The number of rotatable bonds is 6. The SMILES string of the molecule is O=C(/C=C/c1ccccc1OC(=O)/C=C/c1ccccc1)NNC(=O)c1ccccc1O. The van der Waals surface area contributed by atoms with Gasteiger partial charge >= 0.3 is 5.97 Å². The molecule has 32 heavy (non-hydrogen) atoms. The van der Waals surface area contributed by atoms with E-state index in [1.54, 1.807) is 42.5 Å². The summed E-state index contributed by atoms with van der Waals surface area (Å²) in [4.78, 5) is 36.2. The third kappa shape index (κ3) is 6.43. The van der Waals surface area contributed by atoms with Crippen molar-refractivity contribution >= 4 is 29.9 Å². The van der Waals surface area contributed by atoms with Gasteiger partial charge in [0.25, 0.3) is 11.8 Å². The Labute approximate surface area is 184 Å². The number of esters is 1. The number of phenolic OH excluding ortho intramolecular Hbond substituents is 1. The highest BCUT2D eigenvalue weighted by Crippen LogP contribution is 2.20. The molecule has 0 aromatic heterocycles. The molecule has 0 radical (unpaired) electrons. The molecule has 0 aliphatic heterocycles. The summed E-state index contributed by atoms with van der Waals surface area (Å²) in [5.74, 6) is -1.76. The second-order valence-electron chi connectivity index (χ2n) is 6.50. The number of para-hydroxylation sites is 2. The van der Waals surface area contributed by atoms with Crippen LogP contribution in [0.3, 0.4) is 0 Å². The fourth-order valence-electron chi connectivity index (χ4n) is 2.64. The summed E-state index contributed by atoms with van der Waals surface area (Å²) in [5, 5.41) is 9.67. The van der Waals surface area contributed by atoms with E-state index < -0.39 is 17.8 Å². The van der Waals surface area contributed by atoms with Crippen molar-refractivity contribution in [3.63, 3.8) is 0 Å². The first-order valence-corrected chi connectivity index (χ1v) is 9.63. The molecule has 7 heteroatoms. The van der Waals surface area contributed by atoms with Gasteiger partial charge in [-0.25, -0.2) is 4.79 Å². The maximum atomic E-state index is 12.1. The number of hydrogen-bond acceptors (Lipinski definition) is 5. The predicted octanol–water partition coefficient (Wildman–Crippen LogP) is 3.49. The van der Waals surface area contributed by atoms with Gasteiger partial charge in [-0.1, -0.05) is 60.7 Å². The van der Waals surface area contributed by atoms with Crippen LogP contribution in [-0.4, -0.2) is 22.9 Å². The Morgan fingerprint density at radius 3 is 2.22 bits per heavy atom. The van der Waals surface area contributed by atoms with Gasteiger partial charge in [-0.2, -0.15) is 0 Å². The van der Waals surface area contributed by atoms with Crippen LogP contribution >= 0.6 is 0 Å². The number of carbonyl (C=O) groups excluding carboxylic acids is 3. The van der Waals surface area contributed by atoms with Crippen LogP contribution in [-0.2, 0) is 9.59 Å². The van der Waals surface area contributed by atoms with Gasteiger partial charge in [0.1, 0.15) is 11.5 Å². The smallest absolute Gasteiger partial charge is 0.336 e. The second kappa shape index (κ2) is 10.9. The molecule has 2 amide bonds. The number of nitrogens with one attached hydrogen (secondary N) is 2. The zero-order chi connectivity index (χ0) is 22.8. The van der Waals surface area contributed by atoms with Crippen LogP contribution in [0.2, 0.25) is 0 Å². The largest absolute Gasteiger partial charge is 0.507 e. The average molecular weight is 428 g/mol. The molecule has 0 unspecified atom stereocenters. The highest BCUT2D eigenvalue weighted by molar-refractivity contribution is 5.99. The average Bonchev–Trinajstić information content (AvgIpc) is 2.81. The summed E-state index contributed by atoms with van der Waals surface area (Å²) in [5.41, 5.74) is 5.82. The lowest BCUT2D eigenvalue weighted by Gasteiger charge is -2.07. The van der Waals surface area contributed by atoms with E-state index in [1.165, 1.54) is 30.4 Å². The number of ether oxygens (including phenoxy) is 1. The summed E-state index contributed by atoms with van der Waals surface area (Å²) in [6, 6.07) is 22.0. The lowest BCUT2D eigenvalue weighted by molar-refractivity contribution is -0.128. The Balaban J connectivity index is 1.58. The van der Waals surface area contributed by atoms with Gasteiger partial charge in [-0.3, -0.25) is 20.4 Å². The standard InChI is InChI=1S/C25H20N2O5/c28-21-12-6-5-11-20(21)25(31)27-26-23(29)16-15-19-10-4-7-13-22(19)32-24(30)17-14-18-8-2-1-3-9-18/h1-17,28H,(H,26,29)(H,27,31)/b16-15+,17-14+. The molecule has 3 aromatic rings. The minimum Gasteiger partial charge on any atom is -0.507 e. The number of hydrazine groups is 1. The van der Waals surface area contributed by atoms with Gasteiger partial charge in [0.2, 0.25) is 0 Å². The van der Waals surface area contributed by atoms with Gasteiger partial charge in [0.05, 0.1) is 5.56 Å². The van der Waals surface area contributed by atoms with E-state index in [0.29, 0.717) is 5.56 Å². The zero-order valence-electron chi connectivity index (χ0n) is 16.9. The maximum absolute atomic E-state index is 12.1. The van der Waals surface area contributed by atoms with Crippen LogP contribution in [0.25, 0.3) is 12.2 Å². The number of aromatic hydroxyl groups is 1. The molecule has 0 atom stereocenters. The molecule has 0 bridgehead atoms. The highest BCUT2D eigenvalue weighted by Gasteiger charge is 2.10. The third-order valence-corrected chi connectivity index (χ3v) is 4.20. The first-order valence-electron chi connectivity index (χ1n) is 9.63. The van der Waals surface area contributed by atoms with E-state index in [2.05, 4.69) is 10.9 Å². The first-order chi connectivity index (χ1) is 15.5. The molecule has 0 saturated heterocycles. The van der Waals surface area contributed by atoms with Gasteiger partial charge in [0, 0.05) is 17.7 Å². The van der Waals surface area contributed by atoms with Crippen molar-refractivity contribution in [2.24, 2.45) is 0 Å². The molecule has 0 heterocycles. The zero-order valence-corrected chi connectivity index (χ0v) is 16.9. The van der Waals surface area contributed by atoms with Gasteiger partial charge in [0.15, 0.2) is 0 Å². The molecule has 0 spiro atoms. The summed E-state index contributed by atoms with van der Waals surface area (Å²) in [6.45, 7) is 0. The minimum atomic E-state index is -0.663. The van der Waals surface area contributed by atoms with Gasteiger partial charge < -0.3 is 9.84 Å². The van der Waals surface area contributed by atoms with Gasteiger partial charge in [-0.15, -0.1) is 0 Å². The van der Waals surface area contributed by atoms with E-state index in [1.807, 2.05) is 30.3 Å². The van der Waals surface area contributed by atoms with Gasteiger partial charge in [-0.05, 0) is 35.9 Å². The molecule has 160 valence electrons. The molecule has 0 saturated carbocycles. The molecule has 3 rings (SSSR count). The van der Waals surface area contributed by atoms with Crippen molar-refractivity contribution < 1.29 is 24.2 Å². The molecule has 0 aliphatic rings. The Hall–Kier alpha value is -4.65. The number of benzene rings is 3. The molecule has 0 aliphatic carbocycles. The lowest BCUT2D eigenvalue weighted by atomic mass is 10.2. The molecular weight excluding hydrogens is 408 g/mol. The fourth-order valence-corrected chi connectivity index (χ4v) is 2.64. The summed E-state index contributed by atoms with van der Waals surface area (Å²) < 4.78 is 5.36. The Morgan fingerprint density at radius 1 is 0.750 bits per heavy atom. The Bertz CT molecular complexity index is 1170. The number of hydrogen-bond donors (Lipinski definition) is 3. The summed E-state index contributed by atoms with van der Waals surface area (Å²) in [7, 11) is 0. The monoisotopic (exact) mass is 428 g/mol. The Morgan fingerprint density at radius 2 is 1.44 bits per heavy atom. The van der Waals surface area contributed by atoms with Crippen molar-refractivity contribution in [2.45, 2.75) is 0 Å². The van der Waals surface area contributed by atoms with E-state index in [0.717, 1.165) is 5.56 Å². The predicted molar refractivity (Wildman–Crippen MR) is 120 cm³/mol. The molecule has 3 aromatic carbocycles. The number of phenols is 1. The highest BCUT2D eigenvalue weighted by atomic mass is 16.5. The van der Waals surface area contributed by atoms with E-state index in [4.69, 9.17) is 4.74 Å². The number of amides is 2. The molecular formula is C25H20N2O5. The van der Waals surface area contributed by atoms with E-state index in [-0.39, 0.29) is 17.1 Å². The fraction of sp³-hybridized carbons (Fsp3) is 0. The third-order valence-electron chi connectivity index (χ3n) is 4.20. The molecule has 7 nitrogen and oxygen atoms in total. The molecule has 3 N–H and O–H groups in total. The summed E-state index contributed by atoms with van der Waals surface area (Å²) in [6.07, 6.45) is 5.58. The van der Waals surface area contributed by atoms with Crippen LogP contribution in [0.1, 0.15) is 21.5 Å². The van der Waals surface area contributed by atoms with Crippen LogP contribution in [0.5, 0.6) is 11.5 Å². The van der Waals surface area contributed by atoms with Crippen molar-refractivity contribution in [1.29, 1.82) is 0 Å². The van der Waals surface area contributed by atoms with E-state index >= 15 is 0 Å². The van der Waals surface area contributed by atoms with Crippen LogP contribution < -0.4 is 15.6 Å². The minimum absolute atomic E-state index is 0.0256. The van der Waals surface area contributed by atoms with Crippen molar-refractivity contribution in [3.05, 3.63) is 108 Å². The summed E-state index contributed by atoms with van der Waals surface area (Å²) >= 11 is 0. The van der Waals surface area contributed by atoms with Crippen molar-refractivity contribution in [3.8, 4) is 11.5 Å². The van der Waals surface area contributed by atoms with Crippen LogP contribution in [0.15, 0.2) is 91.0 Å². The normalized spacial score (nSPS) is 10.8. The number of carbonyl (C=O) groups is 3.